The average Bonchev–Trinajstić information content (AvgIpc) is 2.19. The van der Waals surface area contributed by atoms with Gasteiger partial charge in [-0.15, -0.1) is 0 Å². The second kappa shape index (κ2) is 3.43. The van der Waals surface area contributed by atoms with Crippen molar-refractivity contribution in [2.24, 2.45) is 0 Å². The number of hydrogen-bond donors (Lipinski definition) is 0. The van der Waals surface area contributed by atoms with Crippen LogP contribution >= 0.6 is 0 Å². The molecule has 0 fully saturated rings. The lowest BCUT2D eigenvalue weighted by Gasteiger charge is -2.00. The number of hydrogen-bond acceptors (Lipinski definition) is 2. The molecule has 0 amide bonds. The van der Waals surface area contributed by atoms with E-state index in [1.165, 1.54) is 6.07 Å². The largest absolute Gasteiger partial charge is 0.256 e. The summed E-state index contributed by atoms with van der Waals surface area (Å²) in [6.45, 7) is 0. The number of halogens is 1. The Bertz CT molecular complexity index is 514. The maximum Gasteiger partial charge on any atom is 0.129 e. The first-order valence-corrected chi connectivity index (χ1v) is 4.21. The summed E-state index contributed by atoms with van der Waals surface area (Å²) in [4.78, 5) is 4.02. The predicted molar refractivity (Wildman–Crippen MR) is 51.0 cm³/mol. The third-order valence-corrected chi connectivity index (χ3v) is 2.04. The summed E-state index contributed by atoms with van der Waals surface area (Å²) in [6.07, 6.45) is 1.71. The van der Waals surface area contributed by atoms with E-state index in [2.05, 4.69) is 4.98 Å². The summed E-state index contributed by atoms with van der Waals surface area (Å²) in [5.41, 5.74) is 1.04. The van der Waals surface area contributed by atoms with Crippen LogP contribution in [0.25, 0.3) is 10.9 Å². The Balaban J connectivity index is 2.66. The molecule has 0 aliphatic heterocycles. The zero-order chi connectivity index (χ0) is 9.97. The Morgan fingerprint density at radius 1 is 1.43 bits per heavy atom. The number of pyridine rings is 1. The van der Waals surface area contributed by atoms with E-state index >= 15 is 0 Å². The average molecular weight is 186 g/mol. The molecule has 3 heteroatoms. The van der Waals surface area contributed by atoms with E-state index in [1.807, 2.05) is 12.1 Å². The molecule has 1 heterocycles. The monoisotopic (exact) mass is 186 g/mol. The molecule has 1 aromatic heterocycles. The number of benzene rings is 1. The highest BCUT2D eigenvalue weighted by atomic mass is 19.1. The van der Waals surface area contributed by atoms with E-state index in [0.717, 1.165) is 5.39 Å². The second-order valence-electron chi connectivity index (χ2n) is 2.97. The Morgan fingerprint density at radius 2 is 2.29 bits per heavy atom. The lowest BCUT2D eigenvalue weighted by molar-refractivity contribution is 0.617. The molecule has 14 heavy (non-hydrogen) atoms. The molecule has 0 radical (unpaired) electrons. The van der Waals surface area contributed by atoms with Crippen LogP contribution < -0.4 is 0 Å². The molecule has 0 atom stereocenters. The zero-order valence-corrected chi connectivity index (χ0v) is 7.37. The van der Waals surface area contributed by atoms with Crippen LogP contribution in [0.2, 0.25) is 0 Å². The van der Waals surface area contributed by atoms with Crippen LogP contribution in [-0.2, 0) is 6.42 Å². The third-order valence-electron chi connectivity index (χ3n) is 2.04. The number of rotatable bonds is 1. The molecular formula is C11H7FN2. The minimum absolute atomic E-state index is 0.0939. The van der Waals surface area contributed by atoms with Crippen molar-refractivity contribution in [2.75, 3.05) is 0 Å². The smallest absolute Gasteiger partial charge is 0.129 e. The van der Waals surface area contributed by atoms with E-state index < -0.39 is 0 Å². The first-order chi connectivity index (χ1) is 6.81. The van der Waals surface area contributed by atoms with Gasteiger partial charge in [-0.25, -0.2) is 4.39 Å². The van der Waals surface area contributed by atoms with Crippen molar-refractivity contribution >= 4 is 10.9 Å². The van der Waals surface area contributed by atoms with Gasteiger partial charge in [0.05, 0.1) is 18.0 Å². The van der Waals surface area contributed by atoms with Gasteiger partial charge >= 0.3 is 0 Å². The minimum Gasteiger partial charge on any atom is -0.256 e. The van der Waals surface area contributed by atoms with E-state index in [0.29, 0.717) is 11.1 Å². The highest BCUT2D eigenvalue weighted by Crippen LogP contribution is 2.17. The molecule has 2 aromatic rings. The summed E-state index contributed by atoms with van der Waals surface area (Å²) in [7, 11) is 0. The van der Waals surface area contributed by atoms with Gasteiger partial charge in [0, 0.05) is 23.2 Å². The molecule has 0 saturated carbocycles. The van der Waals surface area contributed by atoms with Gasteiger partial charge in [0.1, 0.15) is 5.82 Å². The minimum atomic E-state index is -0.363. The predicted octanol–water partition coefficient (Wildman–Crippen LogP) is 2.44. The highest BCUT2D eigenvalue weighted by molar-refractivity contribution is 5.79. The third kappa shape index (κ3) is 1.42. The highest BCUT2D eigenvalue weighted by Gasteiger charge is 2.04. The molecule has 0 unspecified atom stereocenters. The van der Waals surface area contributed by atoms with Crippen LogP contribution in [0.15, 0.2) is 30.5 Å². The van der Waals surface area contributed by atoms with Crippen LogP contribution in [-0.4, -0.2) is 4.98 Å². The topological polar surface area (TPSA) is 36.7 Å². The van der Waals surface area contributed by atoms with Gasteiger partial charge in [0.25, 0.3) is 0 Å². The molecule has 0 aliphatic carbocycles. The van der Waals surface area contributed by atoms with Crippen molar-refractivity contribution in [3.8, 4) is 6.07 Å². The maximum absolute atomic E-state index is 13.3. The summed E-state index contributed by atoms with van der Waals surface area (Å²) in [6, 6.07) is 8.60. The molecule has 68 valence electrons. The number of aromatic nitrogens is 1. The molecular weight excluding hydrogens is 179 g/mol. The molecule has 0 bridgehead atoms. The van der Waals surface area contributed by atoms with Crippen LogP contribution in [0.3, 0.4) is 0 Å². The van der Waals surface area contributed by atoms with Crippen LogP contribution in [0.4, 0.5) is 4.39 Å². The van der Waals surface area contributed by atoms with Crippen LogP contribution in [0.1, 0.15) is 5.56 Å². The Hall–Kier alpha value is -1.95. The van der Waals surface area contributed by atoms with E-state index in [9.17, 15) is 4.39 Å². The summed E-state index contributed by atoms with van der Waals surface area (Å²) in [5, 5.41) is 9.34. The summed E-state index contributed by atoms with van der Waals surface area (Å²) >= 11 is 0. The van der Waals surface area contributed by atoms with Gasteiger partial charge in [-0.3, -0.25) is 4.98 Å². The van der Waals surface area contributed by atoms with Gasteiger partial charge in [-0.2, -0.15) is 5.26 Å². The standard InChI is InChI=1S/C11H7FN2/c12-10-7-11-9(2-1-5-14-11)6-8(10)3-4-13/h1-2,5-7H,3H2. The van der Waals surface area contributed by atoms with Crippen molar-refractivity contribution in [3.05, 3.63) is 41.8 Å². The lowest BCUT2D eigenvalue weighted by atomic mass is 10.1. The second-order valence-corrected chi connectivity index (χ2v) is 2.97. The van der Waals surface area contributed by atoms with Crippen molar-refractivity contribution in [1.29, 1.82) is 5.26 Å². The van der Waals surface area contributed by atoms with Gasteiger partial charge in [0.15, 0.2) is 0 Å². The molecule has 0 saturated heterocycles. The Morgan fingerprint density at radius 3 is 3.07 bits per heavy atom. The summed E-state index contributed by atoms with van der Waals surface area (Å²) in [5.74, 6) is -0.363. The fourth-order valence-electron chi connectivity index (χ4n) is 1.36. The molecule has 2 rings (SSSR count). The number of nitriles is 1. The van der Waals surface area contributed by atoms with E-state index in [4.69, 9.17) is 5.26 Å². The van der Waals surface area contributed by atoms with Crippen LogP contribution in [0, 0.1) is 17.1 Å². The summed E-state index contributed by atoms with van der Waals surface area (Å²) < 4.78 is 13.3. The molecule has 0 aliphatic rings. The van der Waals surface area contributed by atoms with Gasteiger partial charge < -0.3 is 0 Å². The number of nitrogens with zero attached hydrogens (tertiary/aromatic N) is 2. The molecule has 2 nitrogen and oxygen atoms in total. The van der Waals surface area contributed by atoms with Crippen molar-refractivity contribution in [1.82, 2.24) is 4.98 Å². The van der Waals surface area contributed by atoms with Crippen LogP contribution in [0.5, 0.6) is 0 Å². The van der Waals surface area contributed by atoms with Crippen molar-refractivity contribution < 1.29 is 4.39 Å². The van der Waals surface area contributed by atoms with Crippen molar-refractivity contribution in [3.63, 3.8) is 0 Å². The fraction of sp³-hybridized carbons (Fsp3) is 0.0909. The molecule has 0 N–H and O–H groups in total. The first-order valence-electron chi connectivity index (χ1n) is 4.21. The Labute approximate surface area is 80.6 Å². The normalized spacial score (nSPS) is 10.0. The molecule has 1 aromatic carbocycles. The lowest BCUT2D eigenvalue weighted by Crippen LogP contribution is -1.90. The number of fused-ring (bicyclic) bond motifs is 1. The van der Waals surface area contributed by atoms with E-state index in [1.54, 1.807) is 18.3 Å². The quantitative estimate of drug-likeness (QED) is 0.685. The first kappa shape index (κ1) is 8.64. The zero-order valence-electron chi connectivity index (χ0n) is 7.37. The molecule has 0 spiro atoms. The maximum atomic E-state index is 13.3. The van der Waals surface area contributed by atoms with Crippen molar-refractivity contribution in [2.45, 2.75) is 6.42 Å². The Kier molecular flexibility index (Phi) is 2.11. The van der Waals surface area contributed by atoms with Gasteiger partial charge in [-0.05, 0) is 12.1 Å². The SMILES string of the molecule is N#CCc1cc2cccnc2cc1F. The fourth-order valence-corrected chi connectivity index (χ4v) is 1.36. The van der Waals surface area contributed by atoms with Gasteiger partial charge in [-0.1, -0.05) is 6.07 Å². The van der Waals surface area contributed by atoms with Gasteiger partial charge in [0.2, 0.25) is 0 Å². The van der Waals surface area contributed by atoms with E-state index in [-0.39, 0.29) is 12.2 Å².